The molecule has 1 N–H and O–H groups in total. The second kappa shape index (κ2) is 8.04. The lowest BCUT2D eigenvalue weighted by Crippen LogP contribution is -2.59. The van der Waals surface area contributed by atoms with Crippen molar-refractivity contribution in [3.8, 4) is 0 Å². The van der Waals surface area contributed by atoms with Gasteiger partial charge in [-0.2, -0.15) is 0 Å². The summed E-state index contributed by atoms with van der Waals surface area (Å²) in [7, 11) is 0. The van der Waals surface area contributed by atoms with E-state index in [1.807, 2.05) is 30.3 Å². The number of carbonyl (C=O) groups excluding carboxylic acids is 1. The SMILES string of the molecule is O=C(NCC1(N2CCOCC2)CCCCC1)c1cc(C2CC2)nc2ccccc12. The van der Waals surface area contributed by atoms with E-state index in [0.29, 0.717) is 5.92 Å². The lowest BCUT2D eigenvalue weighted by molar-refractivity contribution is -0.0361. The van der Waals surface area contributed by atoms with Crippen molar-refractivity contribution in [1.29, 1.82) is 0 Å². The molecule has 2 heterocycles. The number of nitrogens with one attached hydrogen (secondary N) is 1. The summed E-state index contributed by atoms with van der Waals surface area (Å²) in [5.74, 6) is 0.577. The van der Waals surface area contributed by atoms with E-state index >= 15 is 0 Å². The van der Waals surface area contributed by atoms with Gasteiger partial charge in [0.25, 0.3) is 5.91 Å². The Morgan fingerprint density at radius 3 is 2.66 bits per heavy atom. The average Bonchev–Trinajstić information content (AvgIpc) is 3.63. The van der Waals surface area contributed by atoms with Crippen LogP contribution in [0.4, 0.5) is 0 Å². The van der Waals surface area contributed by atoms with Crippen molar-refractivity contribution >= 4 is 16.8 Å². The molecule has 0 radical (unpaired) electrons. The number of nitrogens with zero attached hydrogens (tertiary/aromatic N) is 2. The highest BCUT2D eigenvalue weighted by atomic mass is 16.5. The van der Waals surface area contributed by atoms with Gasteiger partial charge in [-0.3, -0.25) is 14.7 Å². The number of fused-ring (bicyclic) bond motifs is 1. The number of aromatic nitrogens is 1. The van der Waals surface area contributed by atoms with E-state index < -0.39 is 0 Å². The monoisotopic (exact) mass is 393 g/mol. The van der Waals surface area contributed by atoms with E-state index in [1.165, 1.54) is 32.1 Å². The van der Waals surface area contributed by atoms with Crippen LogP contribution in [-0.4, -0.2) is 54.2 Å². The van der Waals surface area contributed by atoms with Gasteiger partial charge in [-0.15, -0.1) is 0 Å². The van der Waals surface area contributed by atoms with Crippen molar-refractivity contribution in [2.75, 3.05) is 32.8 Å². The summed E-state index contributed by atoms with van der Waals surface area (Å²) in [6.45, 7) is 4.27. The molecule has 1 saturated heterocycles. The van der Waals surface area contributed by atoms with Gasteiger partial charge in [0, 0.05) is 42.2 Å². The summed E-state index contributed by atoms with van der Waals surface area (Å²) in [5, 5.41) is 4.29. The molecule has 1 amide bonds. The van der Waals surface area contributed by atoms with Gasteiger partial charge in [0.15, 0.2) is 0 Å². The van der Waals surface area contributed by atoms with Crippen LogP contribution in [0.2, 0.25) is 0 Å². The van der Waals surface area contributed by atoms with Crippen molar-refractivity contribution in [3.63, 3.8) is 0 Å². The predicted octanol–water partition coefficient (Wildman–Crippen LogP) is 3.88. The minimum Gasteiger partial charge on any atom is -0.379 e. The highest BCUT2D eigenvalue weighted by Gasteiger charge is 2.39. The van der Waals surface area contributed by atoms with Gasteiger partial charge in [0.1, 0.15) is 0 Å². The standard InChI is InChI=1S/C24H31N3O2/c28-23(20-16-22(18-8-9-18)26-21-7-3-2-6-19(20)21)25-17-24(10-4-1-5-11-24)27-12-14-29-15-13-27/h2-3,6-7,16,18H,1,4-5,8-15,17H2,(H,25,28). The molecule has 2 saturated carbocycles. The fraction of sp³-hybridized carbons (Fsp3) is 0.583. The number of benzene rings is 1. The molecule has 5 nitrogen and oxygen atoms in total. The fourth-order valence-electron chi connectivity index (χ4n) is 5.16. The molecule has 2 aliphatic carbocycles. The molecule has 1 aliphatic heterocycles. The van der Waals surface area contributed by atoms with Gasteiger partial charge >= 0.3 is 0 Å². The normalized spacial score (nSPS) is 22.5. The molecule has 154 valence electrons. The molecule has 0 bridgehead atoms. The summed E-state index contributed by atoms with van der Waals surface area (Å²) in [6.07, 6.45) is 8.50. The summed E-state index contributed by atoms with van der Waals surface area (Å²) < 4.78 is 5.58. The minimum absolute atomic E-state index is 0.0451. The topological polar surface area (TPSA) is 54.5 Å². The first-order chi connectivity index (χ1) is 14.3. The van der Waals surface area contributed by atoms with Crippen LogP contribution in [0.5, 0.6) is 0 Å². The number of amides is 1. The molecule has 3 fully saturated rings. The van der Waals surface area contributed by atoms with E-state index in [1.54, 1.807) is 0 Å². The second-order valence-corrected chi connectivity index (χ2v) is 8.95. The number of pyridine rings is 1. The molecule has 5 rings (SSSR count). The van der Waals surface area contributed by atoms with Crippen LogP contribution in [0, 0.1) is 0 Å². The highest BCUT2D eigenvalue weighted by molar-refractivity contribution is 6.06. The average molecular weight is 394 g/mol. The Hall–Kier alpha value is -1.98. The van der Waals surface area contributed by atoms with Crippen LogP contribution in [0.15, 0.2) is 30.3 Å². The number of carbonyl (C=O) groups is 1. The van der Waals surface area contributed by atoms with Crippen molar-refractivity contribution in [2.45, 2.75) is 56.4 Å². The van der Waals surface area contributed by atoms with E-state index in [-0.39, 0.29) is 11.4 Å². The van der Waals surface area contributed by atoms with Gasteiger partial charge in [-0.05, 0) is 37.8 Å². The maximum absolute atomic E-state index is 13.3. The lowest BCUT2D eigenvalue weighted by Gasteiger charge is -2.48. The third-order valence-corrected chi connectivity index (χ3v) is 7.02. The van der Waals surface area contributed by atoms with Crippen LogP contribution in [0.3, 0.4) is 0 Å². The zero-order chi connectivity index (χ0) is 19.7. The molecule has 0 unspecified atom stereocenters. The fourth-order valence-corrected chi connectivity index (χ4v) is 5.16. The van der Waals surface area contributed by atoms with E-state index in [9.17, 15) is 4.79 Å². The lowest BCUT2D eigenvalue weighted by atomic mass is 9.79. The van der Waals surface area contributed by atoms with Gasteiger partial charge in [-0.25, -0.2) is 0 Å². The van der Waals surface area contributed by atoms with Gasteiger partial charge in [0.2, 0.25) is 0 Å². The van der Waals surface area contributed by atoms with E-state index in [4.69, 9.17) is 9.72 Å². The molecule has 1 aromatic heterocycles. The zero-order valence-corrected chi connectivity index (χ0v) is 17.2. The molecule has 3 aliphatic rings. The Kier molecular flexibility index (Phi) is 5.27. The van der Waals surface area contributed by atoms with Crippen LogP contribution in [0.1, 0.15) is 66.9 Å². The van der Waals surface area contributed by atoms with Crippen LogP contribution in [0.25, 0.3) is 10.9 Å². The molecular weight excluding hydrogens is 362 g/mol. The maximum atomic E-state index is 13.3. The number of hydrogen-bond donors (Lipinski definition) is 1. The highest BCUT2D eigenvalue weighted by Crippen LogP contribution is 2.40. The Bertz CT molecular complexity index is 881. The Labute approximate surface area is 172 Å². The van der Waals surface area contributed by atoms with Gasteiger partial charge < -0.3 is 10.1 Å². The molecule has 0 spiro atoms. The van der Waals surface area contributed by atoms with Gasteiger partial charge in [-0.1, -0.05) is 37.5 Å². The Morgan fingerprint density at radius 1 is 1.14 bits per heavy atom. The minimum atomic E-state index is 0.0451. The molecule has 29 heavy (non-hydrogen) atoms. The predicted molar refractivity (Wildman–Crippen MR) is 114 cm³/mol. The van der Waals surface area contributed by atoms with E-state index in [2.05, 4.69) is 10.2 Å². The number of rotatable bonds is 5. The number of morpholine rings is 1. The number of hydrogen-bond acceptors (Lipinski definition) is 4. The summed E-state index contributed by atoms with van der Waals surface area (Å²) >= 11 is 0. The molecule has 1 aromatic carbocycles. The maximum Gasteiger partial charge on any atom is 0.252 e. The summed E-state index contributed by atoms with van der Waals surface area (Å²) in [4.78, 5) is 20.7. The smallest absolute Gasteiger partial charge is 0.252 e. The zero-order valence-electron chi connectivity index (χ0n) is 17.2. The van der Waals surface area contributed by atoms with Crippen molar-refractivity contribution < 1.29 is 9.53 Å². The first-order valence-corrected chi connectivity index (χ1v) is 11.3. The van der Waals surface area contributed by atoms with Crippen molar-refractivity contribution in [1.82, 2.24) is 15.2 Å². The van der Waals surface area contributed by atoms with Crippen molar-refractivity contribution in [3.05, 3.63) is 41.6 Å². The van der Waals surface area contributed by atoms with Gasteiger partial charge in [0.05, 0.1) is 24.3 Å². The van der Waals surface area contributed by atoms with E-state index in [0.717, 1.165) is 67.8 Å². The third kappa shape index (κ3) is 3.90. The number of para-hydroxylation sites is 1. The van der Waals surface area contributed by atoms with Crippen LogP contribution in [-0.2, 0) is 4.74 Å². The Morgan fingerprint density at radius 2 is 1.90 bits per heavy atom. The third-order valence-electron chi connectivity index (χ3n) is 7.02. The van der Waals surface area contributed by atoms with Crippen molar-refractivity contribution in [2.24, 2.45) is 0 Å². The summed E-state index contributed by atoms with van der Waals surface area (Å²) in [5.41, 5.74) is 2.88. The molecule has 2 aromatic rings. The molecule has 5 heteroatoms. The molecule has 0 atom stereocenters. The first-order valence-electron chi connectivity index (χ1n) is 11.3. The number of ether oxygens (including phenoxy) is 1. The molecular formula is C24H31N3O2. The van der Waals surface area contributed by atoms with Crippen LogP contribution < -0.4 is 5.32 Å². The Balaban J connectivity index is 1.39. The first kappa shape index (κ1) is 19.0. The largest absolute Gasteiger partial charge is 0.379 e. The second-order valence-electron chi connectivity index (χ2n) is 8.95. The summed E-state index contributed by atoms with van der Waals surface area (Å²) in [6, 6.07) is 10.1. The quantitative estimate of drug-likeness (QED) is 0.838. The van der Waals surface area contributed by atoms with Crippen LogP contribution >= 0.6 is 0 Å².